The quantitative estimate of drug-likeness (QED) is 0.234. The Morgan fingerprint density at radius 2 is 1.13 bits per heavy atom. The molecular weight excluding hydrogens is 644 g/mol. The predicted molar refractivity (Wildman–Crippen MR) is 122 cm³/mol. The van der Waals surface area contributed by atoms with Gasteiger partial charge in [-0.2, -0.15) is 0 Å². The minimum absolute atomic E-state index is 0.0139. The van der Waals surface area contributed by atoms with Crippen molar-refractivity contribution in [3.63, 3.8) is 0 Å². The van der Waals surface area contributed by atoms with Gasteiger partial charge in [0.2, 0.25) is 0 Å². The molecule has 0 heterocycles. The fourth-order valence-electron chi connectivity index (χ4n) is 2.59. The van der Waals surface area contributed by atoms with Crippen molar-refractivity contribution < 1.29 is 41.3 Å². The van der Waals surface area contributed by atoms with Crippen LogP contribution in [-0.2, 0) is 27.0 Å². The molecule has 0 saturated carbocycles. The molecule has 0 spiro atoms. The van der Waals surface area contributed by atoms with E-state index in [1.807, 2.05) is 27.7 Å². The summed E-state index contributed by atoms with van der Waals surface area (Å²) in [5, 5.41) is 0. The second-order valence-electron chi connectivity index (χ2n) is 6.78. The van der Waals surface area contributed by atoms with E-state index in [-0.39, 0.29) is 18.0 Å². The van der Waals surface area contributed by atoms with E-state index in [0.29, 0.717) is 22.6 Å². The Hall–Kier alpha value is -0.143. The zero-order chi connectivity index (χ0) is 22.4. The third kappa shape index (κ3) is 8.08. The number of carbonyl (C=O) groups excluding carboxylic acids is 1. The first-order valence-corrected chi connectivity index (χ1v) is 19.8. The molecule has 0 N–H and O–H groups in total. The molecule has 2 aromatic rings. The van der Waals surface area contributed by atoms with Crippen LogP contribution in [0.2, 0.25) is 0 Å². The number of carbonyl (C=O) groups is 1. The molecule has 0 saturated heterocycles. The summed E-state index contributed by atoms with van der Waals surface area (Å²) in [5.74, 6) is 1.15. The summed E-state index contributed by atoms with van der Waals surface area (Å²) < 4.78 is 15.2. The zero-order valence-corrected chi connectivity index (χ0v) is 23.2. The van der Waals surface area contributed by atoms with Crippen molar-refractivity contribution in [1.29, 1.82) is 0 Å². The van der Waals surface area contributed by atoms with Gasteiger partial charge in [0.15, 0.2) is 0 Å². The molecule has 30 heavy (non-hydrogen) atoms. The first kappa shape index (κ1) is 26.1. The van der Waals surface area contributed by atoms with Crippen LogP contribution in [0.3, 0.4) is 0 Å². The van der Waals surface area contributed by atoms with Gasteiger partial charge in [-0.1, -0.05) is 0 Å². The van der Waals surface area contributed by atoms with E-state index in [1.54, 1.807) is 45.6 Å². The number of rotatable bonds is 8. The van der Waals surface area contributed by atoms with Gasteiger partial charge in [-0.05, 0) is 0 Å². The van der Waals surface area contributed by atoms with Crippen molar-refractivity contribution in [3.05, 3.63) is 58.7 Å². The van der Waals surface area contributed by atoms with E-state index in [9.17, 15) is 4.79 Å². The number of hydrogen-bond donors (Lipinski definition) is 0. The van der Waals surface area contributed by atoms with Crippen molar-refractivity contribution in [2.75, 3.05) is 0 Å². The molecule has 168 valence electrons. The van der Waals surface area contributed by atoms with Crippen LogP contribution in [0.4, 0.5) is 0 Å². The van der Waals surface area contributed by atoms with Crippen LogP contribution in [0.5, 0.6) is 11.5 Å². The minimum atomic E-state index is -2.10. The molecular formula is C21H22Cl4O3Ru2. The van der Waals surface area contributed by atoms with Crippen molar-refractivity contribution in [3.8, 4) is 11.5 Å². The van der Waals surface area contributed by atoms with Crippen LogP contribution in [-0.4, -0.2) is 27.2 Å². The summed E-state index contributed by atoms with van der Waals surface area (Å²) in [4.78, 5) is 13.2. The summed E-state index contributed by atoms with van der Waals surface area (Å²) in [5.41, 5.74) is 2.46. The molecule has 0 bridgehead atoms. The van der Waals surface area contributed by atoms with Gasteiger partial charge in [0, 0.05) is 0 Å². The van der Waals surface area contributed by atoms with Crippen molar-refractivity contribution in [1.82, 2.24) is 0 Å². The maximum atomic E-state index is 13.2. The molecule has 3 nitrogen and oxygen atoms in total. The van der Waals surface area contributed by atoms with Crippen LogP contribution in [0.15, 0.2) is 36.4 Å². The van der Waals surface area contributed by atoms with Crippen LogP contribution in [0, 0.1) is 0 Å². The molecule has 2 rings (SSSR count). The molecule has 0 fully saturated rings. The van der Waals surface area contributed by atoms with Crippen molar-refractivity contribution in [2.45, 2.75) is 39.9 Å². The van der Waals surface area contributed by atoms with Gasteiger partial charge in [0.25, 0.3) is 0 Å². The maximum absolute atomic E-state index is 13.2. The third-order valence-corrected chi connectivity index (χ3v) is 7.31. The van der Waals surface area contributed by atoms with Crippen LogP contribution in [0.1, 0.15) is 54.7 Å². The zero-order valence-electron chi connectivity index (χ0n) is 16.7. The number of ether oxygens (including phenoxy) is 2. The first-order chi connectivity index (χ1) is 14.1. The van der Waals surface area contributed by atoms with E-state index in [1.165, 1.54) is 0 Å². The molecule has 0 aliphatic rings. The summed E-state index contributed by atoms with van der Waals surface area (Å²) in [6.45, 7) is 7.73. The van der Waals surface area contributed by atoms with Crippen LogP contribution >= 0.6 is 38.8 Å². The van der Waals surface area contributed by atoms with Crippen LogP contribution < -0.4 is 9.47 Å². The number of hydrogen-bond acceptors (Lipinski definition) is 3. The van der Waals surface area contributed by atoms with Gasteiger partial charge < -0.3 is 0 Å². The molecule has 0 unspecified atom stereocenters. The first-order valence-electron chi connectivity index (χ1n) is 8.89. The van der Waals surface area contributed by atoms with Gasteiger partial charge in [-0.15, -0.1) is 0 Å². The van der Waals surface area contributed by atoms with Gasteiger partial charge >= 0.3 is 205 Å². The molecule has 0 atom stereocenters. The Bertz CT molecular complexity index is 903. The topological polar surface area (TPSA) is 35.5 Å². The average molecular weight is 666 g/mol. The Morgan fingerprint density at radius 1 is 0.767 bits per heavy atom. The Balaban J connectivity index is 2.49. The summed E-state index contributed by atoms with van der Waals surface area (Å²) >= 11 is -4.21. The molecule has 0 aliphatic heterocycles. The normalized spacial score (nSPS) is 11.9. The summed E-state index contributed by atoms with van der Waals surface area (Å²) in [6.07, 6.45) is -0.0279. The van der Waals surface area contributed by atoms with E-state index in [2.05, 4.69) is 0 Å². The van der Waals surface area contributed by atoms with Gasteiger partial charge in [-0.25, -0.2) is 0 Å². The third-order valence-electron chi connectivity index (χ3n) is 3.64. The number of benzene rings is 2. The Labute approximate surface area is 203 Å². The van der Waals surface area contributed by atoms with E-state index < -0.39 is 27.0 Å². The van der Waals surface area contributed by atoms with Crippen LogP contribution in [0.25, 0.3) is 0 Å². The second-order valence-corrected chi connectivity index (χ2v) is 18.2. The van der Waals surface area contributed by atoms with Gasteiger partial charge in [0.1, 0.15) is 0 Å². The summed E-state index contributed by atoms with van der Waals surface area (Å²) in [7, 11) is 24.3. The average Bonchev–Trinajstić information content (AvgIpc) is 2.62. The SMILES string of the molecule is CC(C)Oc1ccc(C(=O)c2ccc(OC(C)C)c([CH]=[Ru]([Cl])[Cl])c2)cc1[CH]=[Ru]([Cl])[Cl]. The Kier molecular flexibility index (Phi) is 10.6. The van der Waals surface area contributed by atoms with E-state index in [0.717, 1.165) is 11.1 Å². The molecule has 0 amide bonds. The van der Waals surface area contributed by atoms with Gasteiger partial charge in [-0.3, -0.25) is 0 Å². The Morgan fingerprint density at radius 3 is 1.43 bits per heavy atom. The van der Waals surface area contributed by atoms with Crippen molar-refractivity contribution in [2.24, 2.45) is 0 Å². The number of halogens is 4. The molecule has 9 heteroatoms. The number of ketones is 1. The predicted octanol–water partition coefficient (Wildman–Crippen LogP) is 6.64. The van der Waals surface area contributed by atoms with Gasteiger partial charge in [0.05, 0.1) is 0 Å². The summed E-state index contributed by atoms with van der Waals surface area (Å²) in [6, 6.07) is 10.5. The fourth-order valence-corrected chi connectivity index (χ4v) is 6.16. The second kappa shape index (κ2) is 12.2. The monoisotopic (exact) mass is 666 g/mol. The van der Waals surface area contributed by atoms with Crippen molar-refractivity contribution >= 4 is 53.8 Å². The fraction of sp³-hybridized carbons (Fsp3) is 0.286. The molecule has 0 aromatic heterocycles. The standard InChI is InChI=1S/C21H22O3.4ClH.2Ru/c1-13(2)23-19-9-7-17(11-15(19)5)21(22)18-8-10-20(16(6)12-18)24-14(3)4;;;;;;/h5-14H,1-4H3;4*1H;;/q;;;;;2*+2/p-4. The molecule has 2 aromatic carbocycles. The van der Waals surface area contributed by atoms with E-state index in [4.69, 9.17) is 48.2 Å². The molecule has 0 radical (unpaired) electrons. The molecule has 0 aliphatic carbocycles. The van der Waals surface area contributed by atoms with E-state index >= 15 is 0 Å².